The molecule has 0 aliphatic carbocycles. The highest BCUT2D eigenvalue weighted by Gasteiger charge is 2.07. The summed E-state index contributed by atoms with van der Waals surface area (Å²) in [5.41, 5.74) is 5.05. The van der Waals surface area contributed by atoms with E-state index >= 15 is 0 Å². The summed E-state index contributed by atoms with van der Waals surface area (Å²) in [5, 5.41) is 12.2. The van der Waals surface area contributed by atoms with Crippen molar-refractivity contribution in [1.82, 2.24) is 0 Å². The molecule has 0 spiro atoms. The maximum atomic E-state index is 11.4. The number of rotatable bonds is 5. The van der Waals surface area contributed by atoms with Crippen LogP contribution < -0.4 is 0 Å². The van der Waals surface area contributed by atoms with Gasteiger partial charge in [0.25, 0.3) is 0 Å². The highest BCUT2D eigenvalue weighted by molar-refractivity contribution is 5.92. The van der Waals surface area contributed by atoms with Crippen molar-refractivity contribution in [3.05, 3.63) is 70.8 Å². The number of hydrogen-bond acceptors (Lipinski definition) is 3. The first-order valence-electron chi connectivity index (χ1n) is 8.76. The van der Waals surface area contributed by atoms with Crippen LogP contribution in [0.4, 0.5) is 0 Å². The molecule has 0 atom stereocenters. The van der Waals surface area contributed by atoms with E-state index in [9.17, 15) is 9.90 Å². The molecule has 0 bridgehead atoms. The van der Waals surface area contributed by atoms with E-state index in [4.69, 9.17) is 4.74 Å². The molecule has 0 saturated carbocycles. The van der Waals surface area contributed by atoms with Crippen molar-refractivity contribution < 1.29 is 14.6 Å². The zero-order chi connectivity index (χ0) is 19.3. The lowest BCUT2D eigenvalue weighted by Gasteiger charge is -2.10. The molecule has 2 aromatic carbocycles. The monoisotopic (exact) mass is 350 g/mol. The molecule has 0 aliphatic heterocycles. The Bertz CT molecular complexity index is 915. The molecule has 0 saturated heterocycles. The number of ether oxygens (including phenoxy) is 1. The lowest BCUT2D eigenvalue weighted by Crippen LogP contribution is -1.99. The molecule has 3 heteroatoms. The second-order valence-electron chi connectivity index (χ2n) is 6.45. The van der Waals surface area contributed by atoms with Gasteiger partial charge in [-0.05, 0) is 85.4 Å². The number of phenolic OH excluding ortho intramolecular Hbond substituents is 1. The minimum Gasteiger partial charge on any atom is -0.508 e. The minimum absolute atomic E-state index is 0.320. The molecule has 1 N–H and O–H groups in total. The smallest absolute Gasteiger partial charge is 0.330 e. The summed E-state index contributed by atoms with van der Waals surface area (Å²) in [6, 6.07) is 8.08. The molecule has 0 aliphatic rings. The topological polar surface area (TPSA) is 46.5 Å². The van der Waals surface area contributed by atoms with E-state index < -0.39 is 0 Å². The Morgan fingerprint density at radius 3 is 2.58 bits per heavy atom. The average Bonchev–Trinajstić information content (AvgIpc) is 2.59. The normalized spacial score (nSPS) is 12.8. The van der Waals surface area contributed by atoms with Crippen LogP contribution in [0.5, 0.6) is 5.75 Å². The van der Waals surface area contributed by atoms with E-state index in [-0.39, 0.29) is 5.97 Å². The van der Waals surface area contributed by atoms with Crippen LogP contribution in [0, 0.1) is 13.8 Å². The molecule has 0 heterocycles. The van der Waals surface area contributed by atoms with Crippen molar-refractivity contribution in [3.8, 4) is 5.75 Å². The highest BCUT2D eigenvalue weighted by Crippen LogP contribution is 2.31. The van der Waals surface area contributed by atoms with Gasteiger partial charge in [-0.1, -0.05) is 30.4 Å². The van der Waals surface area contributed by atoms with Crippen molar-refractivity contribution in [1.29, 1.82) is 0 Å². The zero-order valence-corrected chi connectivity index (χ0v) is 16.1. The van der Waals surface area contributed by atoms with Gasteiger partial charge >= 0.3 is 5.97 Å². The summed E-state index contributed by atoms with van der Waals surface area (Å²) in [6.07, 6.45) is 7.32. The molecule has 2 aromatic rings. The van der Waals surface area contributed by atoms with E-state index in [1.54, 1.807) is 6.92 Å². The van der Waals surface area contributed by atoms with Gasteiger partial charge in [0.1, 0.15) is 5.75 Å². The Labute approximate surface area is 155 Å². The van der Waals surface area contributed by atoms with Crippen LogP contribution in [0.3, 0.4) is 0 Å². The van der Waals surface area contributed by atoms with Gasteiger partial charge in [0.15, 0.2) is 0 Å². The second kappa shape index (κ2) is 8.52. The van der Waals surface area contributed by atoms with Crippen LogP contribution in [0.1, 0.15) is 37.5 Å². The highest BCUT2D eigenvalue weighted by atomic mass is 16.5. The summed E-state index contributed by atoms with van der Waals surface area (Å²) in [4.78, 5) is 11.4. The van der Waals surface area contributed by atoms with Crippen LogP contribution in [-0.2, 0) is 9.53 Å². The van der Waals surface area contributed by atoms with Crippen molar-refractivity contribution in [2.45, 2.75) is 34.6 Å². The van der Waals surface area contributed by atoms with Crippen molar-refractivity contribution in [2.75, 3.05) is 6.61 Å². The standard InChI is InChI=1S/C23H26O3/c1-6-26-23(25)12-15(2)8-7-9-16(3)19-10-11-20-18(5)22(24)13-17(4)21(20)14-19/h7-14,24H,6H2,1-5H3/b8-7+,15-12+,16-9+. The van der Waals surface area contributed by atoms with Gasteiger partial charge in [-0.3, -0.25) is 0 Å². The number of allylic oxidation sites excluding steroid dienone is 5. The summed E-state index contributed by atoms with van der Waals surface area (Å²) < 4.78 is 4.90. The van der Waals surface area contributed by atoms with E-state index in [0.717, 1.165) is 38.6 Å². The summed E-state index contributed by atoms with van der Waals surface area (Å²) in [7, 11) is 0. The van der Waals surface area contributed by atoms with Crippen LogP contribution in [0.15, 0.2) is 54.1 Å². The lowest BCUT2D eigenvalue weighted by atomic mass is 9.96. The molecule has 2 rings (SSSR count). The third kappa shape index (κ3) is 4.63. The van der Waals surface area contributed by atoms with Gasteiger partial charge < -0.3 is 9.84 Å². The third-order valence-corrected chi connectivity index (χ3v) is 4.38. The summed E-state index contributed by atoms with van der Waals surface area (Å²) in [6.45, 7) is 10.0. The minimum atomic E-state index is -0.320. The van der Waals surface area contributed by atoms with Crippen molar-refractivity contribution in [2.24, 2.45) is 0 Å². The number of carbonyl (C=O) groups is 1. The van der Waals surface area contributed by atoms with Crippen LogP contribution >= 0.6 is 0 Å². The van der Waals surface area contributed by atoms with Gasteiger partial charge in [-0.15, -0.1) is 0 Å². The largest absolute Gasteiger partial charge is 0.508 e. The van der Waals surface area contributed by atoms with E-state index in [1.165, 1.54) is 6.08 Å². The third-order valence-electron chi connectivity index (χ3n) is 4.38. The number of esters is 1. The number of aryl methyl sites for hydroxylation is 2. The number of aromatic hydroxyl groups is 1. The predicted octanol–water partition coefficient (Wildman–Crippen LogP) is 5.63. The molecule has 0 unspecified atom stereocenters. The summed E-state index contributed by atoms with van der Waals surface area (Å²) >= 11 is 0. The first-order chi connectivity index (χ1) is 12.3. The van der Waals surface area contributed by atoms with Gasteiger partial charge in [-0.2, -0.15) is 0 Å². The van der Waals surface area contributed by atoms with Crippen LogP contribution in [-0.4, -0.2) is 17.7 Å². The Morgan fingerprint density at radius 1 is 1.15 bits per heavy atom. The van der Waals surface area contributed by atoms with E-state index in [2.05, 4.69) is 25.1 Å². The zero-order valence-electron chi connectivity index (χ0n) is 16.1. The van der Waals surface area contributed by atoms with Crippen LogP contribution in [0.2, 0.25) is 0 Å². The molecule has 3 nitrogen and oxygen atoms in total. The molecule has 0 aromatic heterocycles. The van der Waals surface area contributed by atoms with E-state index in [1.807, 2.05) is 45.1 Å². The van der Waals surface area contributed by atoms with Crippen LogP contribution in [0.25, 0.3) is 16.3 Å². The number of fused-ring (bicyclic) bond motifs is 1. The van der Waals surface area contributed by atoms with Gasteiger partial charge in [0.2, 0.25) is 0 Å². The van der Waals surface area contributed by atoms with E-state index in [0.29, 0.717) is 12.4 Å². The Balaban J connectivity index is 2.26. The maximum Gasteiger partial charge on any atom is 0.330 e. The second-order valence-corrected chi connectivity index (χ2v) is 6.45. The maximum absolute atomic E-state index is 11.4. The average molecular weight is 350 g/mol. The van der Waals surface area contributed by atoms with Crippen molar-refractivity contribution in [3.63, 3.8) is 0 Å². The fraction of sp³-hybridized carbons (Fsp3) is 0.261. The van der Waals surface area contributed by atoms with Gasteiger partial charge in [0, 0.05) is 6.08 Å². The SMILES string of the molecule is CCOC(=O)/C=C(C)/C=C/C=C(\C)c1ccc2c(C)c(O)cc(C)c2c1. The molecule has 0 radical (unpaired) electrons. The lowest BCUT2D eigenvalue weighted by molar-refractivity contribution is -0.137. The van der Waals surface area contributed by atoms with Gasteiger partial charge in [-0.25, -0.2) is 4.79 Å². The Hall–Kier alpha value is -2.81. The van der Waals surface area contributed by atoms with Crippen molar-refractivity contribution >= 4 is 22.3 Å². The number of hydrogen-bond donors (Lipinski definition) is 1. The fourth-order valence-electron chi connectivity index (χ4n) is 2.83. The molecule has 0 amide bonds. The summed E-state index contributed by atoms with van der Waals surface area (Å²) in [5.74, 6) is 0.0146. The Morgan fingerprint density at radius 2 is 1.88 bits per heavy atom. The predicted molar refractivity (Wildman–Crippen MR) is 108 cm³/mol. The number of phenols is 1. The Kier molecular flexibility index (Phi) is 6.40. The first-order valence-corrected chi connectivity index (χ1v) is 8.76. The molecule has 0 fully saturated rings. The molecular formula is C23H26O3. The number of carbonyl (C=O) groups excluding carboxylic acids is 1. The molecule has 136 valence electrons. The fourth-order valence-corrected chi connectivity index (χ4v) is 2.83. The molecular weight excluding hydrogens is 324 g/mol. The molecule has 26 heavy (non-hydrogen) atoms. The van der Waals surface area contributed by atoms with Gasteiger partial charge in [0.05, 0.1) is 6.61 Å². The first kappa shape index (κ1) is 19.5. The quantitative estimate of drug-likeness (QED) is 0.432. The number of benzene rings is 2.